The van der Waals surface area contributed by atoms with Crippen LogP contribution in [0.4, 0.5) is 0 Å². The fraction of sp³-hybridized carbons (Fsp3) is 0.500. The van der Waals surface area contributed by atoms with Crippen LogP contribution >= 0.6 is 0 Å². The van der Waals surface area contributed by atoms with Crippen LogP contribution in [0.2, 0.25) is 0 Å². The molecular weight excluding hydrogens is 266 g/mol. The van der Waals surface area contributed by atoms with E-state index in [0.29, 0.717) is 18.9 Å². The second-order valence-electron chi connectivity index (χ2n) is 5.85. The van der Waals surface area contributed by atoms with Crippen molar-refractivity contribution in [3.8, 4) is 0 Å². The molecule has 0 radical (unpaired) electrons. The Morgan fingerprint density at radius 3 is 2.90 bits per heavy atom. The Morgan fingerprint density at radius 2 is 2.14 bits per heavy atom. The zero-order valence-electron chi connectivity index (χ0n) is 12.0. The molecule has 5 nitrogen and oxygen atoms in total. The van der Waals surface area contributed by atoms with E-state index in [1.807, 2.05) is 35.0 Å². The number of rotatable bonds is 4. The standard InChI is InChI=1S/C16H21N3O2/c20-14-6-4-12(5-7-14)10-17-16(21)9-13-11-19-8-2-1-3-15(19)18-13/h1-3,8,11-12,14,20H,4-7,9-10H2,(H,17,21). The minimum atomic E-state index is -0.144. The summed E-state index contributed by atoms with van der Waals surface area (Å²) in [6, 6.07) is 5.80. The largest absolute Gasteiger partial charge is 0.393 e. The average Bonchev–Trinajstić information content (AvgIpc) is 2.88. The van der Waals surface area contributed by atoms with Crippen molar-refractivity contribution in [3.63, 3.8) is 0 Å². The van der Waals surface area contributed by atoms with Gasteiger partial charge < -0.3 is 14.8 Å². The number of nitrogens with zero attached hydrogens (tertiary/aromatic N) is 2. The summed E-state index contributed by atoms with van der Waals surface area (Å²) in [7, 11) is 0. The third kappa shape index (κ3) is 3.61. The van der Waals surface area contributed by atoms with Gasteiger partial charge in [0, 0.05) is 18.9 Å². The molecule has 0 aromatic carbocycles. The second-order valence-corrected chi connectivity index (χ2v) is 5.85. The molecule has 0 aliphatic heterocycles. The van der Waals surface area contributed by atoms with Crippen molar-refractivity contribution in [2.75, 3.05) is 6.54 Å². The third-order valence-electron chi connectivity index (χ3n) is 4.16. The summed E-state index contributed by atoms with van der Waals surface area (Å²) in [5, 5.41) is 12.5. The molecule has 1 amide bonds. The Labute approximate surface area is 124 Å². The lowest BCUT2D eigenvalue weighted by molar-refractivity contribution is -0.120. The molecule has 0 bridgehead atoms. The van der Waals surface area contributed by atoms with Gasteiger partial charge in [-0.15, -0.1) is 0 Å². The van der Waals surface area contributed by atoms with Gasteiger partial charge in [0.2, 0.25) is 5.91 Å². The molecular formula is C16H21N3O2. The number of pyridine rings is 1. The number of nitrogens with one attached hydrogen (secondary N) is 1. The number of aromatic nitrogens is 2. The van der Waals surface area contributed by atoms with Crippen molar-refractivity contribution in [1.82, 2.24) is 14.7 Å². The number of aliphatic hydroxyl groups is 1. The van der Waals surface area contributed by atoms with E-state index < -0.39 is 0 Å². The predicted octanol–water partition coefficient (Wildman–Crippen LogP) is 1.54. The number of imidazole rings is 1. The number of amides is 1. The van der Waals surface area contributed by atoms with Crippen molar-refractivity contribution in [2.24, 2.45) is 5.92 Å². The Bertz CT molecular complexity index is 582. The summed E-state index contributed by atoms with van der Waals surface area (Å²) in [4.78, 5) is 16.4. The number of carbonyl (C=O) groups excluding carboxylic acids is 1. The minimum absolute atomic E-state index is 0.0181. The van der Waals surface area contributed by atoms with Gasteiger partial charge in [0.15, 0.2) is 0 Å². The van der Waals surface area contributed by atoms with Crippen molar-refractivity contribution in [1.29, 1.82) is 0 Å². The molecule has 2 aromatic rings. The smallest absolute Gasteiger partial charge is 0.226 e. The second kappa shape index (κ2) is 6.26. The maximum Gasteiger partial charge on any atom is 0.226 e. The van der Waals surface area contributed by atoms with Crippen LogP contribution in [0.3, 0.4) is 0 Å². The van der Waals surface area contributed by atoms with Crippen LogP contribution in [0.5, 0.6) is 0 Å². The fourth-order valence-corrected chi connectivity index (χ4v) is 2.91. The molecule has 0 saturated heterocycles. The molecule has 0 spiro atoms. The molecule has 3 rings (SSSR count). The molecule has 1 saturated carbocycles. The van der Waals surface area contributed by atoms with Crippen LogP contribution < -0.4 is 5.32 Å². The third-order valence-corrected chi connectivity index (χ3v) is 4.16. The topological polar surface area (TPSA) is 66.6 Å². The molecule has 0 atom stereocenters. The van der Waals surface area contributed by atoms with Crippen molar-refractivity contribution >= 4 is 11.6 Å². The quantitative estimate of drug-likeness (QED) is 0.896. The molecule has 112 valence electrons. The van der Waals surface area contributed by atoms with Gasteiger partial charge in [0.1, 0.15) is 5.65 Å². The number of hydrogen-bond acceptors (Lipinski definition) is 3. The first kappa shape index (κ1) is 14.1. The van der Waals surface area contributed by atoms with Gasteiger partial charge in [-0.3, -0.25) is 4.79 Å². The first-order valence-corrected chi connectivity index (χ1v) is 7.58. The summed E-state index contributed by atoms with van der Waals surface area (Å²) in [5.74, 6) is 0.517. The molecule has 5 heteroatoms. The number of fused-ring (bicyclic) bond motifs is 1. The summed E-state index contributed by atoms with van der Waals surface area (Å²) in [6.45, 7) is 0.707. The lowest BCUT2D eigenvalue weighted by atomic mass is 9.87. The molecule has 2 aromatic heterocycles. The summed E-state index contributed by atoms with van der Waals surface area (Å²) < 4.78 is 1.92. The van der Waals surface area contributed by atoms with Crippen LogP contribution in [-0.2, 0) is 11.2 Å². The number of hydrogen-bond donors (Lipinski definition) is 2. The molecule has 2 heterocycles. The predicted molar refractivity (Wildman–Crippen MR) is 79.9 cm³/mol. The van der Waals surface area contributed by atoms with Crippen LogP contribution in [0.15, 0.2) is 30.6 Å². The van der Waals surface area contributed by atoms with Gasteiger partial charge in [-0.1, -0.05) is 6.07 Å². The molecule has 2 N–H and O–H groups in total. The maximum absolute atomic E-state index is 12.0. The van der Waals surface area contributed by atoms with Gasteiger partial charge in [-0.05, 0) is 43.7 Å². The zero-order chi connectivity index (χ0) is 14.7. The van der Waals surface area contributed by atoms with Crippen molar-refractivity contribution in [3.05, 3.63) is 36.3 Å². The van der Waals surface area contributed by atoms with E-state index in [9.17, 15) is 9.90 Å². The highest BCUT2D eigenvalue weighted by atomic mass is 16.3. The van der Waals surface area contributed by atoms with E-state index in [2.05, 4.69) is 10.3 Å². The van der Waals surface area contributed by atoms with Crippen LogP contribution in [0, 0.1) is 5.92 Å². The Balaban J connectivity index is 1.49. The van der Waals surface area contributed by atoms with Gasteiger partial charge >= 0.3 is 0 Å². The molecule has 1 fully saturated rings. The normalized spacial score (nSPS) is 22.3. The van der Waals surface area contributed by atoms with Gasteiger partial charge in [-0.25, -0.2) is 4.98 Å². The highest BCUT2D eigenvalue weighted by Crippen LogP contribution is 2.23. The molecule has 0 unspecified atom stereocenters. The highest BCUT2D eigenvalue weighted by Gasteiger charge is 2.19. The monoisotopic (exact) mass is 287 g/mol. The van der Waals surface area contributed by atoms with Crippen LogP contribution in [-0.4, -0.2) is 33.0 Å². The zero-order valence-corrected chi connectivity index (χ0v) is 12.0. The number of aliphatic hydroxyl groups excluding tert-OH is 1. The first-order valence-electron chi connectivity index (χ1n) is 7.58. The van der Waals surface area contributed by atoms with E-state index in [1.165, 1.54) is 0 Å². The van der Waals surface area contributed by atoms with E-state index >= 15 is 0 Å². The lowest BCUT2D eigenvalue weighted by Crippen LogP contribution is -2.33. The Kier molecular flexibility index (Phi) is 4.20. The fourth-order valence-electron chi connectivity index (χ4n) is 2.91. The SMILES string of the molecule is O=C(Cc1cn2ccccc2n1)NCC1CCC(O)CC1. The van der Waals surface area contributed by atoms with Gasteiger partial charge in [0.25, 0.3) is 0 Å². The van der Waals surface area contributed by atoms with E-state index in [0.717, 1.165) is 37.0 Å². The Hall–Kier alpha value is -1.88. The molecule has 1 aliphatic carbocycles. The highest BCUT2D eigenvalue weighted by molar-refractivity contribution is 5.78. The molecule has 1 aliphatic rings. The van der Waals surface area contributed by atoms with Gasteiger partial charge in [-0.2, -0.15) is 0 Å². The summed E-state index contributed by atoms with van der Waals surface area (Å²) >= 11 is 0. The summed E-state index contributed by atoms with van der Waals surface area (Å²) in [6.07, 6.45) is 7.70. The van der Waals surface area contributed by atoms with E-state index in [1.54, 1.807) is 0 Å². The van der Waals surface area contributed by atoms with Crippen molar-refractivity contribution in [2.45, 2.75) is 38.2 Å². The summed E-state index contributed by atoms with van der Waals surface area (Å²) in [5.41, 5.74) is 1.65. The van der Waals surface area contributed by atoms with E-state index in [4.69, 9.17) is 0 Å². The lowest BCUT2D eigenvalue weighted by Gasteiger charge is -2.25. The van der Waals surface area contributed by atoms with Crippen LogP contribution in [0.1, 0.15) is 31.4 Å². The first-order chi connectivity index (χ1) is 10.2. The van der Waals surface area contributed by atoms with Crippen LogP contribution in [0.25, 0.3) is 5.65 Å². The molecule has 21 heavy (non-hydrogen) atoms. The van der Waals surface area contributed by atoms with E-state index in [-0.39, 0.29) is 12.0 Å². The average molecular weight is 287 g/mol. The Morgan fingerprint density at radius 1 is 1.33 bits per heavy atom. The minimum Gasteiger partial charge on any atom is -0.393 e. The van der Waals surface area contributed by atoms with Crippen molar-refractivity contribution < 1.29 is 9.90 Å². The number of carbonyl (C=O) groups is 1. The van der Waals surface area contributed by atoms with Gasteiger partial charge in [0.05, 0.1) is 18.2 Å². The maximum atomic E-state index is 12.0.